The van der Waals surface area contributed by atoms with Gasteiger partial charge in [-0.2, -0.15) is 0 Å². The molecule has 0 spiro atoms. The van der Waals surface area contributed by atoms with E-state index in [1.165, 1.54) is 16.5 Å². The molecule has 4 atom stereocenters. The molecule has 2 nitrogen and oxygen atoms in total. The van der Waals surface area contributed by atoms with Gasteiger partial charge in [-0.3, -0.25) is 4.90 Å². The SMILES string of the molecule is CC(N)C(c1ccccc1Br)N1CCC(C)C(C)C1. The van der Waals surface area contributed by atoms with Crippen LogP contribution in [0.2, 0.25) is 0 Å². The highest BCUT2D eigenvalue weighted by Crippen LogP contribution is 2.34. The molecule has 1 aromatic carbocycles. The van der Waals surface area contributed by atoms with Crippen molar-refractivity contribution in [2.24, 2.45) is 17.6 Å². The molecule has 0 amide bonds. The highest BCUT2D eigenvalue weighted by molar-refractivity contribution is 9.10. The number of nitrogens with two attached hydrogens (primary N) is 1. The van der Waals surface area contributed by atoms with Gasteiger partial charge in [-0.15, -0.1) is 0 Å². The van der Waals surface area contributed by atoms with E-state index >= 15 is 0 Å². The number of nitrogens with zero attached hydrogens (tertiary/aromatic N) is 1. The third-order valence-electron chi connectivity index (χ3n) is 4.48. The number of likely N-dealkylation sites (tertiary alicyclic amines) is 1. The number of hydrogen-bond donors (Lipinski definition) is 1. The normalized spacial score (nSPS) is 28.1. The minimum absolute atomic E-state index is 0.138. The van der Waals surface area contributed by atoms with Gasteiger partial charge in [-0.25, -0.2) is 0 Å². The van der Waals surface area contributed by atoms with Gasteiger partial charge in [0, 0.05) is 17.1 Å². The quantitative estimate of drug-likeness (QED) is 0.915. The maximum absolute atomic E-state index is 6.29. The van der Waals surface area contributed by atoms with Gasteiger partial charge in [0.15, 0.2) is 0 Å². The predicted molar refractivity (Wildman–Crippen MR) is 85.1 cm³/mol. The van der Waals surface area contributed by atoms with Crippen molar-refractivity contribution in [3.63, 3.8) is 0 Å². The minimum Gasteiger partial charge on any atom is -0.326 e. The van der Waals surface area contributed by atoms with E-state index in [2.05, 4.69) is 65.9 Å². The topological polar surface area (TPSA) is 29.3 Å². The van der Waals surface area contributed by atoms with Gasteiger partial charge in [0.05, 0.1) is 6.04 Å². The van der Waals surface area contributed by atoms with Crippen LogP contribution in [0.3, 0.4) is 0 Å². The standard InChI is InChI=1S/C16H25BrN2/c1-11-8-9-19(10-12(11)2)16(13(3)18)14-6-4-5-7-15(14)17/h4-7,11-13,16H,8-10,18H2,1-3H3. The fourth-order valence-corrected chi connectivity index (χ4v) is 3.59. The zero-order valence-corrected chi connectivity index (χ0v) is 13.7. The van der Waals surface area contributed by atoms with Crippen molar-refractivity contribution in [3.8, 4) is 0 Å². The number of piperidine rings is 1. The summed E-state index contributed by atoms with van der Waals surface area (Å²) in [6, 6.07) is 8.92. The largest absolute Gasteiger partial charge is 0.326 e. The first-order valence-corrected chi connectivity index (χ1v) is 8.04. The Hall–Kier alpha value is -0.380. The van der Waals surface area contributed by atoms with Crippen LogP contribution in [0.1, 0.15) is 38.8 Å². The summed E-state index contributed by atoms with van der Waals surface area (Å²) in [5.74, 6) is 1.57. The molecule has 1 saturated heterocycles. The van der Waals surface area contributed by atoms with Crippen LogP contribution in [-0.4, -0.2) is 24.0 Å². The molecule has 0 saturated carbocycles. The van der Waals surface area contributed by atoms with Crippen molar-refractivity contribution in [2.45, 2.75) is 39.3 Å². The lowest BCUT2D eigenvalue weighted by molar-refractivity contribution is 0.0848. The Bertz CT molecular complexity index is 419. The van der Waals surface area contributed by atoms with Crippen molar-refractivity contribution in [2.75, 3.05) is 13.1 Å². The summed E-state index contributed by atoms with van der Waals surface area (Å²) in [5, 5.41) is 0. The summed E-state index contributed by atoms with van der Waals surface area (Å²) < 4.78 is 1.17. The maximum atomic E-state index is 6.29. The summed E-state index contributed by atoms with van der Waals surface area (Å²) in [6.07, 6.45) is 1.27. The third kappa shape index (κ3) is 3.39. The molecule has 2 N–H and O–H groups in total. The van der Waals surface area contributed by atoms with E-state index in [0.29, 0.717) is 6.04 Å². The van der Waals surface area contributed by atoms with Gasteiger partial charge >= 0.3 is 0 Å². The molecule has 0 aromatic heterocycles. The molecule has 19 heavy (non-hydrogen) atoms. The summed E-state index contributed by atoms with van der Waals surface area (Å²) >= 11 is 3.68. The first kappa shape index (κ1) is 15.0. The second-order valence-corrected chi connectivity index (χ2v) is 6.92. The highest BCUT2D eigenvalue weighted by atomic mass is 79.9. The van der Waals surface area contributed by atoms with Crippen LogP contribution in [-0.2, 0) is 0 Å². The Labute approximate surface area is 125 Å². The molecule has 1 aliphatic heterocycles. The Morgan fingerprint density at radius 2 is 1.95 bits per heavy atom. The van der Waals surface area contributed by atoms with Crippen molar-refractivity contribution in [1.29, 1.82) is 0 Å². The van der Waals surface area contributed by atoms with E-state index in [-0.39, 0.29) is 6.04 Å². The molecule has 0 aliphatic carbocycles. The molecule has 1 aromatic rings. The van der Waals surface area contributed by atoms with E-state index in [1.807, 2.05) is 0 Å². The Kier molecular flexibility index (Phi) is 5.04. The van der Waals surface area contributed by atoms with Crippen LogP contribution in [0.15, 0.2) is 28.7 Å². The third-order valence-corrected chi connectivity index (χ3v) is 5.20. The van der Waals surface area contributed by atoms with Gasteiger partial charge < -0.3 is 5.73 Å². The van der Waals surface area contributed by atoms with Gasteiger partial charge in [-0.05, 0) is 43.4 Å². The molecule has 1 fully saturated rings. The van der Waals surface area contributed by atoms with Crippen molar-refractivity contribution in [1.82, 2.24) is 4.90 Å². The van der Waals surface area contributed by atoms with E-state index in [0.717, 1.165) is 24.9 Å². The van der Waals surface area contributed by atoms with Crippen molar-refractivity contribution < 1.29 is 0 Å². The predicted octanol–water partition coefficient (Wildman–Crippen LogP) is 3.82. The van der Waals surface area contributed by atoms with Gasteiger partial charge in [0.1, 0.15) is 0 Å². The van der Waals surface area contributed by atoms with Crippen LogP contribution in [0, 0.1) is 11.8 Å². The van der Waals surface area contributed by atoms with Crippen molar-refractivity contribution >= 4 is 15.9 Å². The van der Waals surface area contributed by atoms with Crippen LogP contribution in [0.25, 0.3) is 0 Å². The van der Waals surface area contributed by atoms with E-state index in [9.17, 15) is 0 Å². The Morgan fingerprint density at radius 1 is 1.26 bits per heavy atom. The highest BCUT2D eigenvalue weighted by Gasteiger charge is 2.31. The van der Waals surface area contributed by atoms with Crippen LogP contribution in [0.4, 0.5) is 0 Å². The first-order valence-electron chi connectivity index (χ1n) is 7.24. The molecule has 106 valence electrons. The maximum Gasteiger partial charge on any atom is 0.0507 e. The van der Waals surface area contributed by atoms with Crippen LogP contribution in [0.5, 0.6) is 0 Å². The van der Waals surface area contributed by atoms with Crippen molar-refractivity contribution in [3.05, 3.63) is 34.3 Å². The molecule has 1 aliphatic rings. The lowest BCUT2D eigenvalue weighted by Gasteiger charge is -2.42. The molecular weight excluding hydrogens is 300 g/mol. The monoisotopic (exact) mass is 324 g/mol. The van der Waals surface area contributed by atoms with Gasteiger partial charge in [0.2, 0.25) is 0 Å². The number of rotatable bonds is 3. The van der Waals surface area contributed by atoms with Gasteiger partial charge in [0.25, 0.3) is 0 Å². The average Bonchev–Trinajstić information content (AvgIpc) is 2.36. The Balaban J connectivity index is 2.24. The van der Waals surface area contributed by atoms with Crippen LogP contribution >= 0.6 is 15.9 Å². The molecule has 1 heterocycles. The molecule has 3 heteroatoms. The zero-order chi connectivity index (χ0) is 14.0. The molecule has 2 rings (SSSR count). The fraction of sp³-hybridized carbons (Fsp3) is 0.625. The van der Waals surface area contributed by atoms with E-state index < -0.39 is 0 Å². The lowest BCUT2D eigenvalue weighted by atomic mass is 9.86. The molecule has 0 bridgehead atoms. The summed E-state index contributed by atoms with van der Waals surface area (Å²) in [4.78, 5) is 2.56. The zero-order valence-electron chi connectivity index (χ0n) is 12.1. The summed E-state index contributed by atoms with van der Waals surface area (Å²) in [7, 11) is 0. The second-order valence-electron chi connectivity index (χ2n) is 6.06. The van der Waals surface area contributed by atoms with Crippen LogP contribution < -0.4 is 5.73 Å². The second kappa shape index (κ2) is 6.38. The first-order chi connectivity index (χ1) is 9.00. The number of benzene rings is 1. The lowest BCUT2D eigenvalue weighted by Crippen LogP contribution is -2.46. The molecule has 0 radical (unpaired) electrons. The molecule has 4 unspecified atom stereocenters. The van der Waals surface area contributed by atoms with E-state index in [1.54, 1.807) is 0 Å². The average molecular weight is 325 g/mol. The smallest absolute Gasteiger partial charge is 0.0507 e. The number of halogens is 1. The number of hydrogen-bond acceptors (Lipinski definition) is 2. The van der Waals surface area contributed by atoms with E-state index in [4.69, 9.17) is 5.73 Å². The van der Waals surface area contributed by atoms with Gasteiger partial charge in [-0.1, -0.05) is 48.0 Å². The summed E-state index contributed by atoms with van der Waals surface area (Å²) in [5.41, 5.74) is 7.60. The fourth-order valence-electron chi connectivity index (χ4n) is 3.08. The Morgan fingerprint density at radius 3 is 2.53 bits per heavy atom. The molecular formula is C16H25BrN2. The summed E-state index contributed by atoms with van der Waals surface area (Å²) in [6.45, 7) is 9.14. The minimum atomic E-state index is 0.138.